The molecule has 7 heteroatoms. The lowest BCUT2D eigenvalue weighted by atomic mass is 9.66. The van der Waals surface area contributed by atoms with Gasteiger partial charge in [0.25, 0.3) is 0 Å². The van der Waals surface area contributed by atoms with Gasteiger partial charge in [0.1, 0.15) is 0 Å². The highest BCUT2D eigenvalue weighted by Gasteiger charge is 2.56. The van der Waals surface area contributed by atoms with Crippen molar-refractivity contribution < 1.29 is 29.3 Å². The molecule has 3 aliphatic rings. The van der Waals surface area contributed by atoms with Crippen molar-refractivity contribution >= 4 is 18.0 Å². The molecule has 0 aromatic heterocycles. The van der Waals surface area contributed by atoms with Crippen LogP contribution < -0.4 is 0 Å². The minimum absolute atomic E-state index is 0.404. The van der Waals surface area contributed by atoms with Gasteiger partial charge in [0.15, 0.2) is 0 Å². The Morgan fingerprint density at radius 1 is 1.11 bits per heavy atom. The Kier molecular flexibility index (Phi) is 3.21. The van der Waals surface area contributed by atoms with Crippen molar-refractivity contribution in [3.05, 3.63) is 12.2 Å². The first-order chi connectivity index (χ1) is 8.90. The number of amides is 1. The number of fused-ring (bicyclic) bond motifs is 2. The number of carboxylic acid groups (broad SMARTS) is 2. The summed E-state index contributed by atoms with van der Waals surface area (Å²) in [7, 11) is 1.21. The Balaban J connectivity index is 2.45. The van der Waals surface area contributed by atoms with E-state index in [9.17, 15) is 24.6 Å². The molecule has 0 unspecified atom stereocenters. The molecule has 1 fully saturated rings. The summed E-state index contributed by atoms with van der Waals surface area (Å²) >= 11 is 0. The summed E-state index contributed by atoms with van der Waals surface area (Å²) in [6.07, 6.45) is 2.63. The first-order valence-electron chi connectivity index (χ1n) is 5.90. The lowest BCUT2D eigenvalue weighted by molar-refractivity contribution is -0.164. The number of piperidine rings is 1. The zero-order valence-corrected chi connectivity index (χ0v) is 10.5. The van der Waals surface area contributed by atoms with Gasteiger partial charge in [0.05, 0.1) is 25.0 Å². The lowest BCUT2D eigenvalue weighted by Crippen LogP contribution is -2.64. The van der Waals surface area contributed by atoms with E-state index in [1.807, 2.05) is 0 Å². The largest absolute Gasteiger partial charge is 0.481 e. The normalized spacial score (nSPS) is 36.1. The molecule has 5 atom stereocenters. The summed E-state index contributed by atoms with van der Waals surface area (Å²) in [4.78, 5) is 35.7. The van der Waals surface area contributed by atoms with Gasteiger partial charge in [-0.15, -0.1) is 0 Å². The van der Waals surface area contributed by atoms with E-state index < -0.39 is 47.9 Å². The van der Waals surface area contributed by atoms with E-state index >= 15 is 0 Å². The molecule has 0 radical (unpaired) electrons. The standard InChI is InChI=1S/C12H15NO6/c1-5-6-3-4-7(13(5)12(18)19-2)9(11(16)17)8(6)10(14)15/h3-9H,1-2H3,(H,14,15)(H,16,17)/t5-,6+,7+,8+,9-/m0/s1. The van der Waals surface area contributed by atoms with Crippen LogP contribution in [0.5, 0.6) is 0 Å². The van der Waals surface area contributed by atoms with Crippen LogP contribution in [0.4, 0.5) is 4.79 Å². The smallest absolute Gasteiger partial charge is 0.410 e. The van der Waals surface area contributed by atoms with Crippen LogP contribution in [0.3, 0.4) is 0 Å². The summed E-state index contributed by atoms with van der Waals surface area (Å²) in [5.74, 6) is -5.07. The van der Waals surface area contributed by atoms with E-state index in [1.165, 1.54) is 12.0 Å². The molecule has 2 N–H and O–H groups in total. The van der Waals surface area contributed by atoms with E-state index in [-0.39, 0.29) is 0 Å². The van der Waals surface area contributed by atoms with Crippen LogP contribution in [-0.4, -0.2) is 52.3 Å². The van der Waals surface area contributed by atoms with Gasteiger partial charge >= 0.3 is 18.0 Å². The fraction of sp³-hybridized carbons (Fsp3) is 0.583. The maximum absolute atomic E-state index is 11.7. The molecule has 0 saturated carbocycles. The van der Waals surface area contributed by atoms with Crippen molar-refractivity contribution in [3.63, 3.8) is 0 Å². The van der Waals surface area contributed by atoms with E-state index in [4.69, 9.17) is 0 Å². The second-order valence-electron chi connectivity index (χ2n) is 4.80. The Bertz CT molecular complexity index is 459. The first-order valence-corrected chi connectivity index (χ1v) is 5.90. The van der Waals surface area contributed by atoms with Crippen molar-refractivity contribution in [2.24, 2.45) is 17.8 Å². The summed E-state index contributed by atoms with van der Waals surface area (Å²) in [5, 5.41) is 18.5. The van der Waals surface area contributed by atoms with Crippen LogP contribution >= 0.6 is 0 Å². The summed E-state index contributed by atoms with van der Waals surface area (Å²) in [6.45, 7) is 1.70. The van der Waals surface area contributed by atoms with Crippen LogP contribution in [0.2, 0.25) is 0 Å². The van der Waals surface area contributed by atoms with Crippen LogP contribution in [0.1, 0.15) is 6.92 Å². The molecular formula is C12H15NO6. The molecule has 7 nitrogen and oxygen atoms in total. The molecule has 1 saturated heterocycles. The number of carboxylic acids is 2. The predicted octanol–water partition coefficient (Wildman–Crippen LogP) is 0.413. The monoisotopic (exact) mass is 269 g/mol. The van der Waals surface area contributed by atoms with Crippen molar-refractivity contribution in [3.8, 4) is 0 Å². The van der Waals surface area contributed by atoms with Gasteiger partial charge in [-0.1, -0.05) is 12.2 Å². The molecule has 1 aliphatic carbocycles. The van der Waals surface area contributed by atoms with Crippen LogP contribution in [0.25, 0.3) is 0 Å². The number of ether oxygens (including phenoxy) is 1. The topological polar surface area (TPSA) is 104 Å². The quantitative estimate of drug-likeness (QED) is 0.704. The number of rotatable bonds is 2. The summed E-state index contributed by atoms with van der Waals surface area (Å²) in [6, 6.07) is -1.19. The van der Waals surface area contributed by atoms with Crippen LogP contribution in [0, 0.1) is 17.8 Å². The van der Waals surface area contributed by atoms with Crippen LogP contribution in [0.15, 0.2) is 12.2 Å². The Labute approximate surface area is 109 Å². The predicted molar refractivity (Wildman–Crippen MR) is 62.4 cm³/mol. The number of hydrogen-bond donors (Lipinski definition) is 2. The molecule has 2 bridgehead atoms. The fourth-order valence-electron chi connectivity index (χ4n) is 3.13. The number of carbonyl (C=O) groups excluding carboxylic acids is 1. The molecular weight excluding hydrogens is 254 g/mol. The zero-order valence-electron chi connectivity index (χ0n) is 10.5. The molecule has 1 amide bonds. The molecule has 19 heavy (non-hydrogen) atoms. The van der Waals surface area contributed by atoms with E-state index in [1.54, 1.807) is 19.1 Å². The van der Waals surface area contributed by atoms with Gasteiger partial charge in [-0.2, -0.15) is 0 Å². The third kappa shape index (κ3) is 1.85. The number of nitrogens with zero attached hydrogens (tertiary/aromatic N) is 1. The van der Waals surface area contributed by atoms with E-state index in [2.05, 4.69) is 4.74 Å². The number of aliphatic carboxylic acids is 2. The SMILES string of the molecule is COC(=O)N1[C@@H]2C=C[C@@H]([C@@H](C(=O)O)[C@H]2C(=O)O)[C@@H]1C. The molecule has 2 heterocycles. The zero-order chi connectivity index (χ0) is 14.3. The Morgan fingerprint density at radius 2 is 1.68 bits per heavy atom. The number of methoxy groups -OCH3 is 1. The fourth-order valence-corrected chi connectivity index (χ4v) is 3.13. The molecule has 0 aromatic rings. The molecule has 0 aromatic carbocycles. The second-order valence-corrected chi connectivity index (χ2v) is 4.80. The van der Waals surface area contributed by atoms with E-state index in [0.29, 0.717) is 0 Å². The first kappa shape index (κ1) is 13.4. The van der Waals surface area contributed by atoms with Gasteiger partial charge in [0.2, 0.25) is 0 Å². The van der Waals surface area contributed by atoms with Crippen molar-refractivity contribution in [2.75, 3.05) is 7.11 Å². The lowest BCUT2D eigenvalue weighted by Gasteiger charge is -2.51. The van der Waals surface area contributed by atoms with Crippen molar-refractivity contribution in [1.29, 1.82) is 0 Å². The Hall–Kier alpha value is -2.05. The number of carbonyl (C=O) groups is 3. The van der Waals surface area contributed by atoms with Crippen LogP contribution in [-0.2, 0) is 14.3 Å². The van der Waals surface area contributed by atoms with Crippen molar-refractivity contribution in [2.45, 2.75) is 19.0 Å². The average molecular weight is 269 g/mol. The van der Waals surface area contributed by atoms with Gasteiger partial charge in [-0.25, -0.2) is 4.79 Å². The maximum atomic E-state index is 11.7. The molecule has 2 aliphatic heterocycles. The van der Waals surface area contributed by atoms with Gasteiger partial charge in [0, 0.05) is 12.0 Å². The molecule has 3 rings (SSSR count). The van der Waals surface area contributed by atoms with Crippen molar-refractivity contribution in [1.82, 2.24) is 4.90 Å². The molecule has 0 spiro atoms. The number of hydrogen-bond acceptors (Lipinski definition) is 4. The second kappa shape index (κ2) is 4.56. The Morgan fingerprint density at radius 3 is 2.16 bits per heavy atom. The highest BCUT2D eigenvalue weighted by atomic mass is 16.5. The minimum Gasteiger partial charge on any atom is -0.481 e. The maximum Gasteiger partial charge on any atom is 0.410 e. The molecule has 104 valence electrons. The minimum atomic E-state index is -1.22. The van der Waals surface area contributed by atoms with Gasteiger partial charge in [-0.05, 0) is 6.92 Å². The third-order valence-corrected chi connectivity index (χ3v) is 3.97. The highest BCUT2D eigenvalue weighted by Crippen LogP contribution is 2.43. The summed E-state index contributed by atoms with van der Waals surface area (Å²) < 4.78 is 4.65. The highest BCUT2D eigenvalue weighted by molar-refractivity contribution is 5.84. The third-order valence-electron chi connectivity index (χ3n) is 3.97. The van der Waals surface area contributed by atoms with Gasteiger partial charge < -0.3 is 14.9 Å². The van der Waals surface area contributed by atoms with Gasteiger partial charge in [-0.3, -0.25) is 14.5 Å². The van der Waals surface area contributed by atoms with E-state index in [0.717, 1.165) is 0 Å². The average Bonchev–Trinajstić information content (AvgIpc) is 2.37. The summed E-state index contributed by atoms with van der Waals surface area (Å²) in [5.41, 5.74) is 0.